The van der Waals surface area contributed by atoms with Crippen molar-refractivity contribution in [1.29, 1.82) is 0 Å². The lowest BCUT2D eigenvalue weighted by atomic mass is 10.0. The minimum atomic E-state index is 0.771. The van der Waals surface area contributed by atoms with Gasteiger partial charge in [0.25, 0.3) is 0 Å². The zero-order valence-electron chi connectivity index (χ0n) is 8.55. The maximum atomic E-state index is 5.19. The molecule has 0 saturated heterocycles. The van der Waals surface area contributed by atoms with E-state index >= 15 is 0 Å². The van der Waals surface area contributed by atoms with Crippen molar-refractivity contribution in [3.63, 3.8) is 0 Å². The van der Waals surface area contributed by atoms with Gasteiger partial charge in [0.15, 0.2) is 11.5 Å². The van der Waals surface area contributed by atoms with Gasteiger partial charge in [-0.3, -0.25) is 0 Å². The third kappa shape index (κ3) is 2.14. The Morgan fingerprint density at radius 3 is 2.08 bits per heavy atom. The maximum Gasteiger partial charge on any atom is 0.161 e. The number of methoxy groups -OCH3 is 2. The molecule has 71 valence electrons. The summed E-state index contributed by atoms with van der Waals surface area (Å²) in [5.41, 5.74) is 1.18. The molecule has 0 aliphatic heterocycles. The van der Waals surface area contributed by atoms with Crippen LogP contribution in [0.3, 0.4) is 0 Å². The lowest BCUT2D eigenvalue weighted by Gasteiger charge is -2.10. The molecule has 0 aromatic heterocycles. The zero-order valence-corrected chi connectivity index (χ0v) is 8.55. The Morgan fingerprint density at radius 1 is 1.00 bits per heavy atom. The molecule has 2 nitrogen and oxygen atoms in total. The normalized spacial score (nSPS) is 10.2. The second-order valence-electron chi connectivity index (χ2n) is 3.07. The Hall–Kier alpha value is -1.18. The van der Waals surface area contributed by atoms with Crippen LogP contribution in [0.25, 0.3) is 0 Å². The van der Waals surface area contributed by atoms with Gasteiger partial charge in [-0.05, 0) is 23.6 Å². The molecule has 0 aliphatic rings. The van der Waals surface area contributed by atoms with E-state index in [0.29, 0.717) is 0 Å². The van der Waals surface area contributed by atoms with E-state index in [9.17, 15) is 0 Å². The summed E-state index contributed by atoms with van der Waals surface area (Å²) in [5.74, 6) is 2.81. The molecule has 0 atom stereocenters. The van der Waals surface area contributed by atoms with Crippen LogP contribution >= 0.6 is 0 Å². The summed E-state index contributed by atoms with van der Waals surface area (Å²) in [6.07, 6.45) is 0. The minimum absolute atomic E-state index is 0.771. The van der Waals surface area contributed by atoms with E-state index in [2.05, 4.69) is 13.8 Å². The summed E-state index contributed by atoms with van der Waals surface area (Å²) < 4.78 is 10.3. The van der Waals surface area contributed by atoms with Crippen molar-refractivity contribution in [1.82, 2.24) is 0 Å². The highest BCUT2D eigenvalue weighted by Crippen LogP contribution is 2.29. The third-order valence-electron chi connectivity index (χ3n) is 1.96. The van der Waals surface area contributed by atoms with Gasteiger partial charge in [-0.2, -0.15) is 0 Å². The third-order valence-corrected chi connectivity index (χ3v) is 1.96. The molecule has 1 radical (unpaired) electrons. The molecule has 0 amide bonds. The predicted molar refractivity (Wildman–Crippen MR) is 53.2 cm³/mol. The van der Waals surface area contributed by atoms with E-state index in [4.69, 9.17) is 9.47 Å². The van der Waals surface area contributed by atoms with Gasteiger partial charge in [0, 0.05) is 0 Å². The molecule has 0 unspecified atom stereocenters. The lowest BCUT2D eigenvalue weighted by molar-refractivity contribution is 0.354. The second kappa shape index (κ2) is 4.17. The van der Waals surface area contributed by atoms with Crippen LogP contribution in [-0.4, -0.2) is 14.2 Å². The second-order valence-corrected chi connectivity index (χ2v) is 3.07. The number of ether oxygens (including phenoxy) is 2. The Morgan fingerprint density at radius 2 is 1.62 bits per heavy atom. The lowest BCUT2D eigenvalue weighted by Crippen LogP contribution is -1.94. The first kappa shape index (κ1) is 9.90. The summed E-state index contributed by atoms with van der Waals surface area (Å²) in [4.78, 5) is 0. The van der Waals surface area contributed by atoms with Crippen molar-refractivity contribution in [3.8, 4) is 11.5 Å². The molecule has 1 aromatic rings. The first-order valence-electron chi connectivity index (χ1n) is 4.21. The number of benzene rings is 1. The number of hydrogen-bond acceptors (Lipinski definition) is 2. The molecule has 1 rings (SSSR count). The van der Waals surface area contributed by atoms with E-state index in [1.54, 1.807) is 14.2 Å². The zero-order chi connectivity index (χ0) is 9.84. The summed E-state index contributed by atoms with van der Waals surface area (Å²) >= 11 is 0. The van der Waals surface area contributed by atoms with E-state index in [-0.39, 0.29) is 0 Å². The summed E-state index contributed by atoms with van der Waals surface area (Å²) in [6, 6.07) is 5.92. The highest BCUT2D eigenvalue weighted by Gasteiger charge is 2.06. The van der Waals surface area contributed by atoms with Crippen LogP contribution in [0.4, 0.5) is 0 Å². The first-order valence-corrected chi connectivity index (χ1v) is 4.21. The molecule has 0 N–H and O–H groups in total. The van der Waals surface area contributed by atoms with Crippen LogP contribution < -0.4 is 9.47 Å². The van der Waals surface area contributed by atoms with Crippen molar-refractivity contribution in [2.45, 2.75) is 13.8 Å². The van der Waals surface area contributed by atoms with Gasteiger partial charge in [-0.1, -0.05) is 19.9 Å². The molecule has 0 saturated carbocycles. The van der Waals surface area contributed by atoms with E-state index in [0.717, 1.165) is 11.5 Å². The SMILES string of the molecule is COc1ccc([C](C)C)cc1OC. The standard InChI is InChI=1S/C11H15O2/c1-8(2)9-5-6-10(12-3)11(7-9)13-4/h5-7H,1-4H3. The van der Waals surface area contributed by atoms with Crippen LogP contribution in [0.5, 0.6) is 11.5 Å². The van der Waals surface area contributed by atoms with E-state index in [1.807, 2.05) is 18.2 Å². The van der Waals surface area contributed by atoms with Crippen LogP contribution in [0.2, 0.25) is 0 Å². The average molecular weight is 179 g/mol. The van der Waals surface area contributed by atoms with Gasteiger partial charge >= 0.3 is 0 Å². The molecule has 0 bridgehead atoms. The van der Waals surface area contributed by atoms with Gasteiger partial charge in [0.05, 0.1) is 14.2 Å². The van der Waals surface area contributed by atoms with E-state index < -0.39 is 0 Å². The Labute approximate surface area is 79.5 Å². The Balaban J connectivity index is 3.05. The van der Waals surface area contributed by atoms with Gasteiger partial charge < -0.3 is 9.47 Å². The summed E-state index contributed by atoms with van der Waals surface area (Å²) in [5, 5.41) is 0. The Kier molecular flexibility index (Phi) is 3.18. The molecule has 0 aliphatic carbocycles. The molecular formula is C11H15O2. The fourth-order valence-corrected chi connectivity index (χ4v) is 1.15. The van der Waals surface area contributed by atoms with Gasteiger partial charge in [0.2, 0.25) is 0 Å². The van der Waals surface area contributed by atoms with Crippen LogP contribution in [-0.2, 0) is 0 Å². The smallest absolute Gasteiger partial charge is 0.161 e. The molecular weight excluding hydrogens is 164 g/mol. The van der Waals surface area contributed by atoms with Crippen molar-refractivity contribution in [2.75, 3.05) is 14.2 Å². The summed E-state index contributed by atoms with van der Waals surface area (Å²) in [6.45, 7) is 4.14. The van der Waals surface area contributed by atoms with Crippen molar-refractivity contribution in [2.24, 2.45) is 0 Å². The fraction of sp³-hybridized carbons (Fsp3) is 0.364. The fourth-order valence-electron chi connectivity index (χ4n) is 1.15. The molecule has 2 heteroatoms. The highest BCUT2D eigenvalue weighted by atomic mass is 16.5. The summed E-state index contributed by atoms with van der Waals surface area (Å²) in [7, 11) is 3.28. The van der Waals surface area contributed by atoms with Crippen molar-refractivity contribution < 1.29 is 9.47 Å². The molecule has 0 fully saturated rings. The molecule has 0 heterocycles. The average Bonchev–Trinajstić information content (AvgIpc) is 2.16. The van der Waals surface area contributed by atoms with Crippen LogP contribution in [0.15, 0.2) is 18.2 Å². The monoisotopic (exact) mass is 179 g/mol. The topological polar surface area (TPSA) is 18.5 Å². The van der Waals surface area contributed by atoms with Crippen molar-refractivity contribution >= 4 is 0 Å². The highest BCUT2D eigenvalue weighted by molar-refractivity contribution is 5.46. The minimum Gasteiger partial charge on any atom is -0.493 e. The maximum absolute atomic E-state index is 5.19. The van der Waals surface area contributed by atoms with Crippen LogP contribution in [0.1, 0.15) is 19.4 Å². The molecule has 0 spiro atoms. The van der Waals surface area contributed by atoms with Gasteiger partial charge in [-0.25, -0.2) is 0 Å². The largest absolute Gasteiger partial charge is 0.493 e. The Bertz CT molecular complexity index is 279. The van der Waals surface area contributed by atoms with Gasteiger partial charge in [-0.15, -0.1) is 0 Å². The van der Waals surface area contributed by atoms with Crippen molar-refractivity contribution in [3.05, 3.63) is 29.7 Å². The quantitative estimate of drug-likeness (QED) is 0.710. The van der Waals surface area contributed by atoms with Gasteiger partial charge in [0.1, 0.15) is 0 Å². The molecule has 13 heavy (non-hydrogen) atoms. The predicted octanol–water partition coefficient (Wildman–Crippen LogP) is 2.67. The van der Waals surface area contributed by atoms with E-state index in [1.165, 1.54) is 11.5 Å². The van der Waals surface area contributed by atoms with Crippen LogP contribution in [0, 0.1) is 5.92 Å². The molecule has 1 aromatic carbocycles. The first-order chi connectivity index (χ1) is 6.19. The number of rotatable bonds is 3. The number of hydrogen-bond donors (Lipinski definition) is 0.